The molecule has 0 bridgehead atoms. The molecule has 1 aliphatic carbocycles. The van der Waals surface area contributed by atoms with Crippen LogP contribution in [-0.4, -0.2) is 4.98 Å². The summed E-state index contributed by atoms with van der Waals surface area (Å²) in [7, 11) is 0. The fraction of sp³-hybridized carbons (Fsp3) is 0.364. The molecule has 0 aromatic carbocycles. The molecule has 0 saturated heterocycles. The molecule has 0 N–H and O–H groups in total. The highest BCUT2D eigenvalue weighted by Gasteiger charge is 2.11. The molecular weight excluding hydrogens is 146 g/mol. The third-order valence-corrected chi connectivity index (χ3v) is 2.36. The number of hydrogen-bond acceptors (Lipinski definition) is 1. The number of rotatable bonds is 0. The fourth-order valence-electron chi connectivity index (χ4n) is 1.67. The molecule has 0 saturated carbocycles. The quantitative estimate of drug-likeness (QED) is 0.530. The summed E-state index contributed by atoms with van der Waals surface area (Å²) < 4.78 is 0. The molecule has 1 heteroatoms. The van der Waals surface area contributed by atoms with Gasteiger partial charge >= 0.3 is 0 Å². The van der Waals surface area contributed by atoms with Crippen molar-refractivity contribution in [1.29, 1.82) is 0 Å². The van der Waals surface area contributed by atoms with Gasteiger partial charge in [-0.25, -0.2) is 0 Å². The van der Waals surface area contributed by atoms with Crippen molar-refractivity contribution in [2.24, 2.45) is 0 Å². The number of pyridine rings is 1. The predicted octanol–water partition coefficient (Wildman–Crippen LogP) is 2.43. The summed E-state index contributed by atoms with van der Waals surface area (Å²) in [6, 6.07) is 2.24. The van der Waals surface area contributed by atoms with Gasteiger partial charge < -0.3 is 0 Å². The van der Waals surface area contributed by atoms with Crippen molar-refractivity contribution in [2.75, 3.05) is 0 Å². The molecule has 1 nitrogen and oxygen atoms in total. The Morgan fingerprint density at radius 3 is 3.08 bits per heavy atom. The van der Waals surface area contributed by atoms with Crippen molar-refractivity contribution < 1.29 is 0 Å². The lowest BCUT2D eigenvalue weighted by Crippen LogP contribution is -2.07. The lowest BCUT2D eigenvalue weighted by Gasteiger charge is -2.16. The summed E-state index contributed by atoms with van der Waals surface area (Å²) in [5, 5.41) is 0. The molecule has 0 spiro atoms. The van der Waals surface area contributed by atoms with Crippen molar-refractivity contribution in [1.82, 2.24) is 4.98 Å². The minimum Gasteiger partial charge on any atom is -0.260 e. The van der Waals surface area contributed by atoms with E-state index in [-0.39, 0.29) is 0 Å². The Labute approximate surface area is 73.1 Å². The number of fused-ring (bicyclic) bond motifs is 1. The summed E-state index contributed by atoms with van der Waals surface area (Å²) >= 11 is 0. The first-order chi connectivity index (χ1) is 5.75. The van der Waals surface area contributed by atoms with E-state index < -0.39 is 0 Å². The summed E-state index contributed by atoms with van der Waals surface area (Å²) in [6.45, 7) is 6.09. The molecule has 0 unspecified atom stereocenters. The smallest absolute Gasteiger partial charge is 0.0476 e. The van der Waals surface area contributed by atoms with E-state index in [9.17, 15) is 0 Å². The zero-order chi connectivity index (χ0) is 8.55. The van der Waals surface area contributed by atoms with Crippen LogP contribution in [0.2, 0.25) is 0 Å². The second-order valence-corrected chi connectivity index (χ2v) is 3.55. The Hall–Kier alpha value is -1.11. The van der Waals surface area contributed by atoms with Crippen LogP contribution in [0.25, 0.3) is 0 Å². The molecule has 12 heavy (non-hydrogen) atoms. The van der Waals surface area contributed by atoms with Gasteiger partial charge in [-0.2, -0.15) is 0 Å². The highest BCUT2D eigenvalue weighted by Crippen LogP contribution is 2.22. The number of aryl methyl sites for hydroxylation is 2. The highest BCUT2D eigenvalue weighted by molar-refractivity contribution is 5.31. The van der Waals surface area contributed by atoms with Gasteiger partial charge in [0.25, 0.3) is 0 Å². The summed E-state index contributed by atoms with van der Waals surface area (Å²) in [5.74, 6) is 0. The second kappa shape index (κ2) is 2.74. The highest BCUT2D eigenvalue weighted by atomic mass is 14.7. The van der Waals surface area contributed by atoms with Crippen molar-refractivity contribution in [3.63, 3.8) is 0 Å². The SMILES string of the molecule is C=C1CCc2cc(C)cnc2C1. The lowest BCUT2D eigenvalue weighted by molar-refractivity contribution is 0.809. The van der Waals surface area contributed by atoms with Gasteiger partial charge in [-0.3, -0.25) is 4.98 Å². The Morgan fingerprint density at radius 2 is 2.25 bits per heavy atom. The van der Waals surface area contributed by atoms with Crippen LogP contribution in [0, 0.1) is 6.92 Å². The van der Waals surface area contributed by atoms with Gasteiger partial charge in [0.15, 0.2) is 0 Å². The average Bonchev–Trinajstić information content (AvgIpc) is 2.05. The van der Waals surface area contributed by atoms with Crippen LogP contribution in [0.3, 0.4) is 0 Å². The van der Waals surface area contributed by atoms with Crippen molar-refractivity contribution in [2.45, 2.75) is 26.2 Å². The first-order valence-corrected chi connectivity index (χ1v) is 4.37. The van der Waals surface area contributed by atoms with E-state index in [1.807, 2.05) is 6.20 Å². The van der Waals surface area contributed by atoms with E-state index in [0.29, 0.717) is 0 Å². The third-order valence-electron chi connectivity index (χ3n) is 2.36. The van der Waals surface area contributed by atoms with Crippen LogP contribution in [0.15, 0.2) is 24.4 Å². The van der Waals surface area contributed by atoms with Crippen LogP contribution in [0.1, 0.15) is 23.2 Å². The summed E-state index contributed by atoms with van der Waals surface area (Å²) in [5.41, 5.74) is 5.24. The molecule has 1 aromatic heterocycles. The maximum Gasteiger partial charge on any atom is 0.0476 e. The average molecular weight is 159 g/mol. The van der Waals surface area contributed by atoms with Gasteiger partial charge in [-0.1, -0.05) is 18.2 Å². The van der Waals surface area contributed by atoms with Crippen molar-refractivity contribution >= 4 is 0 Å². The molecular formula is C11H13N. The lowest BCUT2D eigenvalue weighted by atomic mass is 9.92. The zero-order valence-electron chi connectivity index (χ0n) is 7.43. The summed E-state index contributed by atoms with van der Waals surface area (Å²) in [4.78, 5) is 4.41. The Morgan fingerprint density at radius 1 is 1.42 bits per heavy atom. The van der Waals surface area contributed by atoms with Gasteiger partial charge in [0.1, 0.15) is 0 Å². The maximum absolute atomic E-state index is 4.41. The Kier molecular flexibility index (Phi) is 1.72. The monoisotopic (exact) mass is 159 g/mol. The van der Waals surface area contributed by atoms with Crippen LogP contribution < -0.4 is 0 Å². The number of hydrogen-bond donors (Lipinski definition) is 0. The van der Waals surface area contributed by atoms with E-state index in [2.05, 4.69) is 24.6 Å². The van der Waals surface area contributed by atoms with Crippen LogP contribution in [0.4, 0.5) is 0 Å². The third kappa shape index (κ3) is 1.27. The Balaban J connectivity index is 2.43. The number of aromatic nitrogens is 1. The molecule has 0 amide bonds. The van der Waals surface area contributed by atoms with Gasteiger partial charge in [0.2, 0.25) is 0 Å². The summed E-state index contributed by atoms with van der Waals surface area (Å²) in [6.07, 6.45) is 5.19. The Bertz CT molecular complexity index is 326. The molecule has 0 fully saturated rings. The topological polar surface area (TPSA) is 12.9 Å². The molecule has 1 heterocycles. The number of allylic oxidation sites excluding steroid dienone is 1. The largest absolute Gasteiger partial charge is 0.260 e. The van der Waals surface area contributed by atoms with Gasteiger partial charge in [0.05, 0.1) is 0 Å². The standard InChI is InChI=1S/C11H13N/c1-8-3-4-10-5-9(2)7-12-11(10)6-8/h5,7H,1,3-4,6H2,2H3. The van der Waals surface area contributed by atoms with Gasteiger partial charge in [-0.05, 0) is 30.9 Å². The maximum atomic E-state index is 4.41. The van der Waals surface area contributed by atoms with Crippen molar-refractivity contribution in [3.8, 4) is 0 Å². The predicted molar refractivity (Wildman–Crippen MR) is 50.1 cm³/mol. The molecule has 1 aliphatic rings. The van der Waals surface area contributed by atoms with E-state index in [1.54, 1.807) is 0 Å². The van der Waals surface area contributed by atoms with Crippen molar-refractivity contribution in [3.05, 3.63) is 41.2 Å². The van der Waals surface area contributed by atoms with E-state index >= 15 is 0 Å². The zero-order valence-corrected chi connectivity index (χ0v) is 7.43. The molecule has 62 valence electrons. The molecule has 2 rings (SSSR count). The van der Waals surface area contributed by atoms with Gasteiger partial charge in [0, 0.05) is 18.3 Å². The normalized spacial score (nSPS) is 15.9. The van der Waals surface area contributed by atoms with E-state index in [1.165, 1.54) is 22.4 Å². The fourth-order valence-corrected chi connectivity index (χ4v) is 1.67. The first kappa shape index (κ1) is 7.53. The molecule has 1 aromatic rings. The van der Waals surface area contributed by atoms with Crippen LogP contribution >= 0.6 is 0 Å². The minimum absolute atomic E-state index is 0.982. The molecule has 0 aliphatic heterocycles. The first-order valence-electron chi connectivity index (χ1n) is 4.37. The van der Waals surface area contributed by atoms with E-state index in [4.69, 9.17) is 0 Å². The molecule has 0 atom stereocenters. The second-order valence-electron chi connectivity index (χ2n) is 3.55. The van der Waals surface area contributed by atoms with Crippen LogP contribution in [-0.2, 0) is 12.8 Å². The van der Waals surface area contributed by atoms with E-state index in [0.717, 1.165) is 19.3 Å². The van der Waals surface area contributed by atoms with Crippen LogP contribution in [0.5, 0.6) is 0 Å². The van der Waals surface area contributed by atoms with Gasteiger partial charge in [-0.15, -0.1) is 0 Å². The minimum atomic E-state index is 0.982. The number of nitrogens with zero attached hydrogens (tertiary/aromatic N) is 1. The molecule has 0 radical (unpaired) electrons.